The van der Waals surface area contributed by atoms with Crippen molar-refractivity contribution < 1.29 is 44.3 Å². The summed E-state index contributed by atoms with van der Waals surface area (Å²) in [4.78, 5) is 24.9. The molecule has 0 bridgehead atoms. The Kier molecular flexibility index (Phi) is 3.97. The van der Waals surface area contributed by atoms with Gasteiger partial charge in [-0.3, -0.25) is 9.59 Å². The fourth-order valence-electron chi connectivity index (χ4n) is 2.27. The minimum absolute atomic E-state index is 0. The van der Waals surface area contributed by atoms with Gasteiger partial charge in [-0.25, -0.2) is 0 Å². The molecule has 0 radical (unpaired) electrons. The maximum Gasteiger partial charge on any atom is 1.00 e. The maximum absolute atomic E-state index is 12.4. The van der Waals surface area contributed by atoms with Gasteiger partial charge in [-0.1, -0.05) is 36.1 Å². The van der Waals surface area contributed by atoms with E-state index in [0.29, 0.717) is 0 Å². The first-order chi connectivity index (χ1) is 9.02. The molecule has 0 aliphatic heterocycles. The molecule has 0 saturated heterocycles. The van der Waals surface area contributed by atoms with E-state index in [9.17, 15) is 14.7 Å². The summed E-state index contributed by atoms with van der Waals surface area (Å²) in [6.45, 7) is 0. The number of carbonyl (C=O) groups excluding carboxylic acids is 2. The zero-order valence-corrected chi connectivity index (χ0v) is 13.5. The molecule has 0 amide bonds. The maximum atomic E-state index is 12.4. The van der Waals surface area contributed by atoms with Crippen LogP contribution < -0.4 is 40.4 Å². The quantitative estimate of drug-likeness (QED) is 0.297. The monoisotopic (exact) mass is 293 g/mol. The average molecular weight is 293 g/mol. The van der Waals surface area contributed by atoms with Gasteiger partial charge in [0.2, 0.25) is 0 Å². The number of nitrogens with two attached hydrogens (primary N) is 1. The Labute approximate surface area is 142 Å². The molecule has 0 fully saturated rings. The fourth-order valence-corrected chi connectivity index (χ4v) is 2.50. The molecule has 0 atom stereocenters. The minimum atomic E-state index is -0.526. The van der Waals surface area contributed by atoms with E-state index in [2.05, 4.69) is 12.6 Å². The smallest absolute Gasteiger partial charge is 0.872 e. The van der Waals surface area contributed by atoms with Gasteiger partial charge in [-0.2, -0.15) is 0 Å². The van der Waals surface area contributed by atoms with Crippen molar-refractivity contribution in [3.8, 4) is 5.75 Å². The number of rotatable bonds is 0. The SMILES string of the molecule is Nc1c(S)cc([O-])c2c1C(=O)c1ccccc1C2=O.[Na+]. The standard InChI is InChI=1S/C14H9NO3S.Na/c15-12-9(19)5-8(16)10-11(12)14(18)7-4-2-1-3-6(7)13(10)17;/h1-5,16,19H,15H2;/q;+1/p-1. The normalized spacial score (nSPS) is 12.4. The van der Waals surface area contributed by atoms with E-state index in [1.54, 1.807) is 18.2 Å². The van der Waals surface area contributed by atoms with Gasteiger partial charge in [0.1, 0.15) is 0 Å². The Morgan fingerprint density at radius 1 is 1.00 bits per heavy atom. The van der Waals surface area contributed by atoms with E-state index in [0.717, 1.165) is 6.07 Å². The molecule has 0 spiro atoms. The molecule has 0 heterocycles. The molecule has 2 aromatic rings. The Hall–Kier alpha value is -1.27. The first-order valence-electron chi connectivity index (χ1n) is 5.53. The van der Waals surface area contributed by atoms with E-state index in [1.807, 2.05) is 0 Å². The van der Waals surface area contributed by atoms with Gasteiger partial charge in [0.25, 0.3) is 0 Å². The molecule has 2 N–H and O–H groups in total. The van der Waals surface area contributed by atoms with Crippen molar-refractivity contribution in [2.75, 3.05) is 5.73 Å². The summed E-state index contributed by atoms with van der Waals surface area (Å²) >= 11 is 4.05. The molecule has 94 valence electrons. The summed E-state index contributed by atoms with van der Waals surface area (Å²) in [6, 6.07) is 7.55. The second kappa shape index (κ2) is 5.26. The molecular weight excluding hydrogens is 285 g/mol. The van der Waals surface area contributed by atoms with Gasteiger partial charge < -0.3 is 10.8 Å². The topological polar surface area (TPSA) is 83.2 Å². The second-order valence-corrected chi connectivity index (χ2v) is 4.74. The Bertz CT molecular complexity index is 758. The van der Waals surface area contributed by atoms with Crippen molar-refractivity contribution in [1.29, 1.82) is 0 Å². The summed E-state index contributed by atoms with van der Waals surface area (Å²) in [5.74, 6) is -1.40. The third-order valence-corrected chi connectivity index (χ3v) is 3.55. The van der Waals surface area contributed by atoms with Gasteiger partial charge >= 0.3 is 29.6 Å². The van der Waals surface area contributed by atoms with Crippen LogP contribution in [-0.4, -0.2) is 11.6 Å². The van der Waals surface area contributed by atoms with Crippen molar-refractivity contribution in [1.82, 2.24) is 0 Å². The molecule has 3 rings (SSSR count). The van der Waals surface area contributed by atoms with Crippen LogP contribution in [-0.2, 0) is 0 Å². The summed E-state index contributed by atoms with van der Waals surface area (Å²) in [5.41, 5.74) is 6.20. The van der Waals surface area contributed by atoms with Crippen LogP contribution >= 0.6 is 12.6 Å². The predicted molar refractivity (Wildman–Crippen MR) is 70.9 cm³/mol. The molecule has 1 aliphatic carbocycles. The molecule has 20 heavy (non-hydrogen) atoms. The second-order valence-electron chi connectivity index (χ2n) is 4.26. The van der Waals surface area contributed by atoms with Crippen LogP contribution in [0, 0.1) is 0 Å². The number of ketones is 2. The number of hydrogen-bond donors (Lipinski definition) is 2. The first-order valence-corrected chi connectivity index (χ1v) is 5.98. The summed E-state index contributed by atoms with van der Waals surface area (Å²) < 4.78 is 0. The number of nitrogen functional groups attached to an aromatic ring is 1. The van der Waals surface area contributed by atoms with Crippen LogP contribution in [0.1, 0.15) is 31.8 Å². The first kappa shape index (κ1) is 15.1. The summed E-state index contributed by atoms with van der Waals surface area (Å²) in [6.07, 6.45) is 0. The number of thiol groups is 1. The zero-order chi connectivity index (χ0) is 13.7. The molecule has 4 nitrogen and oxygen atoms in total. The number of anilines is 1. The molecule has 0 unspecified atom stereocenters. The molecule has 6 heteroatoms. The summed E-state index contributed by atoms with van der Waals surface area (Å²) in [7, 11) is 0. The van der Waals surface area contributed by atoms with Crippen LogP contribution in [0.25, 0.3) is 0 Å². The van der Waals surface area contributed by atoms with Crippen LogP contribution in [0.2, 0.25) is 0 Å². The molecule has 1 aliphatic rings. The van der Waals surface area contributed by atoms with Crippen LogP contribution in [0.4, 0.5) is 5.69 Å². The third-order valence-electron chi connectivity index (χ3n) is 3.18. The van der Waals surface area contributed by atoms with E-state index in [-0.39, 0.29) is 62.4 Å². The van der Waals surface area contributed by atoms with Gasteiger partial charge in [-0.05, 0) is 0 Å². The van der Waals surface area contributed by atoms with Crippen LogP contribution in [0.3, 0.4) is 0 Å². The predicted octanol–water partition coefficient (Wildman–Crippen LogP) is -1.59. The minimum Gasteiger partial charge on any atom is -0.872 e. The van der Waals surface area contributed by atoms with Crippen molar-refractivity contribution in [2.45, 2.75) is 4.90 Å². The van der Waals surface area contributed by atoms with E-state index in [4.69, 9.17) is 5.73 Å². The largest absolute Gasteiger partial charge is 1.00 e. The fraction of sp³-hybridized carbons (Fsp3) is 0. The van der Waals surface area contributed by atoms with Crippen molar-refractivity contribution in [3.05, 3.63) is 52.6 Å². The van der Waals surface area contributed by atoms with Crippen LogP contribution in [0.5, 0.6) is 5.75 Å². The Balaban J connectivity index is 0.00000147. The molecule has 2 aromatic carbocycles. The van der Waals surface area contributed by atoms with E-state index < -0.39 is 17.3 Å². The van der Waals surface area contributed by atoms with Crippen molar-refractivity contribution in [3.63, 3.8) is 0 Å². The molecule has 0 saturated carbocycles. The Morgan fingerprint density at radius 3 is 2.05 bits per heavy atom. The number of benzene rings is 2. The Morgan fingerprint density at radius 2 is 1.50 bits per heavy atom. The third kappa shape index (κ3) is 1.98. The number of hydrogen-bond acceptors (Lipinski definition) is 5. The summed E-state index contributed by atoms with van der Waals surface area (Å²) in [5, 5.41) is 11.9. The molecule has 0 aromatic heterocycles. The van der Waals surface area contributed by atoms with Crippen LogP contribution in [0.15, 0.2) is 35.2 Å². The van der Waals surface area contributed by atoms with Crippen molar-refractivity contribution in [2.24, 2.45) is 0 Å². The van der Waals surface area contributed by atoms with Crippen molar-refractivity contribution >= 4 is 29.9 Å². The van der Waals surface area contributed by atoms with E-state index >= 15 is 0 Å². The zero-order valence-electron chi connectivity index (χ0n) is 10.6. The average Bonchev–Trinajstić information content (AvgIpc) is 2.40. The van der Waals surface area contributed by atoms with Gasteiger partial charge in [0.15, 0.2) is 11.6 Å². The molecular formula is C14H8NNaO3S. The number of fused-ring (bicyclic) bond motifs is 2. The van der Waals surface area contributed by atoms with Gasteiger partial charge in [0, 0.05) is 21.6 Å². The van der Waals surface area contributed by atoms with Gasteiger partial charge in [-0.15, -0.1) is 12.6 Å². The van der Waals surface area contributed by atoms with Gasteiger partial charge in [0.05, 0.1) is 11.3 Å². The van der Waals surface area contributed by atoms with E-state index in [1.165, 1.54) is 6.07 Å². The number of carbonyl (C=O) groups is 2.